The van der Waals surface area contributed by atoms with Crippen LogP contribution in [0.5, 0.6) is 0 Å². The molecule has 0 spiro atoms. The number of alkyl halides is 3. The number of hydrogen-bond acceptors (Lipinski definition) is 7. The van der Waals surface area contributed by atoms with E-state index < -0.39 is 40.1 Å². The minimum atomic E-state index is -4.94. The minimum absolute atomic E-state index is 0.0720. The van der Waals surface area contributed by atoms with Gasteiger partial charge in [0, 0.05) is 31.5 Å². The van der Waals surface area contributed by atoms with Gasteiger partial charge in [-0.1, -0.05) is 12.1 Å². The van der Waals surface area contributed by atoms with Crippen LogP contribution in [0.3, 0.4) is 0 Å². The summed E-state index contributed by atoms with van der Waals surface area (Å²) in [5.41, 5.74) is 0.171. The summed E-state index contributed by atoms with van der Waals surface area (Å²) in [4.78, 5) is 19.7. The Labute approximate surface area is 208 Å². The number of primary sulfonamides is 1. The van der Waals surface area contributed by atoms with Crippen molar-refractivity contribution in [3.63, 3.8) is 0 Å². The molecule has 0 saturated carbocycles. The second-order valence-corrected chi connectivity index (χ2v) is 9.80. The SMILES string of the molecule is NS(=O)(=O)c1cccc(-c2c(-c3ccc(F)cc3)nc(C(F)(F)F)nc2N2CCC(OC(=O)O)CC2)c1. The van der Waals surface area contributed by atoms with Crippen LogP contribution in [-0.2, 0) is 20.9 Å². The van der Waals surface area contributed by atoms with Crippen molar-refractivity contribution in [2.75, 3.05) is 18.0 Å². The minimum Gasteiger partial charge on any atom is -0.450 e. The molecule has 1 fully saturated rings. The number of piperidine rings is 1. The molecule has 0 amide bonds. The van der Waals surface area contributed by atoms with Crippen LogP contribution in [0.2, 0.25) is 0 Å². The maximum Gasteiger partial charge on any atom is 0.506 e. The number of nitrogens with zero attached hydrogens (tertiary/aromatic N) is 3. The zero-order chi connectivity index (χ0) is 27.0. The topological polar surface area (TPSA) is 136 Å². The fourth-order valence-corrected chi connectivity index (χ4v) is 4.60. The van der Waals surface area contributed by atoms with E-state index in [4.69, 9.17) is 15.0 Å². The number of halogens is 4. The molecule has 1 aliphatic heterocycles. The molecule has 3 N–H and O–H groups in total. The molecule has 0 bridgehead atoms. The highest BCUT2D eigenvalue weighted by atomic mass is 32.2. The largest absolute Gasteiger partial charge is 0.506 e. The monoisotopic (exact) mass is 540 g/mol. The third-order valence-electron chi connectivity index (χ3n) is 5.72. The number of sulfonamides is 1. The van der Waals surface area contributed by atoms with Crippen LogP contribution in [0.15, 0.2) is 53.4 Å². The van der Waals surface area contributed by atoms with E-state index in [1.165, 1.54) is 41.3 Å². The Hall–Kier alpha value is -3.78. The first-order valence-corrected chi connectivity index (χ1v) is 12.4. The number of ether oxygens (including phenoxy) is 1. The van der Waals surface area contributed by atoms with Gasteiger partial charge in [0.15, 0.2) is 0 Å². The third-order valence-corrected chi connectivity index (χ3v) is 6.63. The molecule has 196 valence electrons. The number of carbonyl (C=O) groups is 1. The van der Waals surface area contributed by atoms with Crippen molar-refractivity contribution in [2.24, 2.45) is 5.14 Å². The van der Waals surface area contributed by atoms with Gasteiger partial charge < -0.3 is 14.7 Å². The zero-order valence-electron chi connectivity index (χ0n) is 18.9. The third kappa shape index (κ3) is 5.97. The summed E-state index contributed by atoms with van der Waals surface area (Å²) in [7, 11) is -4.16. The Kier molecular flexibility index (Phi) is 7.06. The molecule has 0 aliphatic carbocycles. The number of benzene rings is 2. The van der Waals surface area contributed by atoms with E-state index in [2.05, 4.69) is 9.97 Å². The van der Waals surface area contributed by atoms with E-state index in [1.54, 1.807) is 0 Å². The van der Waals surface area contributed by atoms with Gasteiger partial charge in [-0.25, -0.2) is 32.7 Å². The van der Waals surface area contributed by atoms with Crippen LogP contribution in [0.1, 0.15) is 18.7 Å². The molecule has 1 aromatic heterocycles. The molecule has 2 heterocycles. The average molecular weight is 540 g/mol. The smallest absolute Gasteiger partial charge is 0.450 e. The van der Waals surface area contributed by atoms with Crippen LogP contribution in [0.4, 0.5) is 28.2 Å². The summed E-state index contributed by atoms with van der Waals surface area (Å²) < 4.78 is 84.0. The summed E-state index contributed by atoms with van der Waals surface area (Å²) in [5, 5.41) is 14.1. The van der Waals surface area contributed by atoms with Crippen LogP contribution >= 0.6 is 0 Å². The fraction of sp³-hybridized carbons (Fsp3) is 0.261. The number of aromatic nitrogens is 2. The van der Waals surface area contributed by atoms with Crippen molar-refractivity contribution >= 4 is 22.0 Å². The second-order valence-electron chi connectivity index (χ2n) is 8.24. The highest BCUT2D eigenvalue weighted by Crippen LogP contribution is 2.41. The van der Waals surface area contributed by atoms with Gasteiger partial charge in [0.2, 0.25) is 15.8 Å². The van der Waals surface area contributed by atoms with Gasteiger partial charge >= 0.3 is 12.3 Å². The predicted molar refractivity (Wildman–Crippen MR) is 124 cm³/mol. The average Bonchev–Trinajstić information content (AvgIpc) is 2.83. The van der Waals surface area contributed by atoms with Crippen LogP contribution < -0.4 is 10.0 Å². The summed E-state index contributed by atoms with van der Waals surface area (Å²) in [6.07, 6.45) is -6.68. The quantitative estimate of drug-likeness (QED) is 0.362. The van der Waals surface area contributed by atoms with Crippen LogP contribution in [0.25, 0.3) is 22.4 Å². The summed E-state index contributed by atoms with van der Waals surface area (Å²) >= 11 is 0. The Balaban J connectivity index is 1.96. The first-order chi connectivity index (χ1) is 17.3. The van der Waals surface area contributed by atoms with Gasteiger partial charge in [0.1, 0.15) is 17.7 Å². The van der Waals surface area contributed by atoms with Gasteiger partial charge in [0.05, 0.1) is 16.2 Å². The lowest BCUT2D eigenvalue weighted by Gasteiger charge is -2.34. The number of hydrogen-bond donors (Lipinski definition) is 2. The van der Waals surface area contributed by atoms with Gasteiger partial charge in [-0.05, 0) is 42.0 Å². The van der Waals surface area contributed by atoms with E-state index in [0.29, 0.717) is 0 Å². The lowest BCUT2D eigenvalue weighted by molar-refractivity contribution is -0.144. The number of anilines is 1. The molecule has 0 atom stereocenters. The molecule has 1 aliphatic rings. The van der Waals surface area contributed by atoms with E-state index in [9.17, 15) is 30.8 Å². The van der Waals surface area contributed by atoms with E-state index in [-0.39, 0.29) is 59.0 Å². The Morgan fingerprint density at radius 1 is 1.05 bits per heavy atom. The van der Waals surface area contributed by atoms with Crippen LogP contribution in [0, 0.1) is 5.82 Å². The van der Waals surface area contributed by atoms with Crippen molar-refractivity contribution in [1.29, 1.82) is 0 Å². The normalized spacial score (nSPS) is 15.0. The summed E-state index contributed by atoms with van der Waals surface area (Å²) in [5.74, 6) is -2.22. The second kappa shape index (κ2) is 9.94. The first kappa shape index (κ1) is 26.3. The molecule has 0 unspecified atom stereocenters. The number of rotatable bonds is 5. The van der Waals surface area contributed by atoms with Crippen molar-refractivity contribution in [3.8, 4) is 22.4 Å². The Bertz CT molecular complexity index is 1420. The molecule has 9 nitrogen and oxygen atoms in total. The zero-order valence-corrected chi connectivity index (χ0v) is 19.8. The van der Waals surface area contributed by atoms with Crippen molar-refractivity contribution in [2.45, 2.75) is 30.0 Å². The molecule has 14 heteroatoms. The maximum absolute atomic E-state index is 13.9. The van der Waals surface area contributed by atoms with Gasteiger partial charge in [0.25, 0.3) is 0 Å². The van der Waals surface area contributed by atoms with E-state index >= 15 is 0 Å². The van der Waals surface area contributed by atoms with Gasteiger partial charge in [-0.2, -0.15) is 13.2 Å². The summed E-state index contributed by atoms with van der Waals surface area (Å²) in [6, 6.07) is 9.89. The van der Waals surface area contributed by atoms with E-state index in [1.807, 2.05) is 0 Å². The van der Waals surface area contributed by atoms with Crippen molar-refractivity contribution in [1.82, 2.24) is 9.97 Å². The molecule has 1 saturated heterocycles. The van der Waals surface area contributed by atoms with Crippen LogP contribution in [-0.4, -0.2) is 48.8 Å². The van der Waals surface area contributed by atoms with Crippen molar-refractivity contribution < 1.29 is 40.6 Å². The lowest BCUT2D eigenvalue weighted by Crippen LogP contribution is -2.39. The molecular formula is C23H20F4N4O5S. The Morgan fingerprint density at radius 2 is 1.70 bits per heavy atom. The predicted octanol–water partition coefficient (Wildman–Crippen LogP) is 4.28. The molecule has 37 heavy (non-hydrogen) atoms. The Morgan fingerprint density at radius 3 is 2.27 bits per heavy atom. The van der Waals surface area contributed by atoms with E-state index in [0.717, 1.165) is 12.1 Å². The lowest BCUT2D eigenvalue weighted by atomic mass is 9.97. The standard InChI is InChI=1S/C23H20F4N4O5S/c24-15-6-4-13(5-7-15)19-18(14-2-1-3-17(12-14)37(28,34)35)20(30-21(29-19)23(25,26)27)31-10-8-16(9-11-31)36-22(32)33/h1-7,12,16H,8-11H2,(H,32,33)(H2,28,34,35). The molecule has 4 rings (SSSR count). The molecule has 3 aromatic rings. The summed E-state index contributed by atoms with van der Waals surface area (Å²) in [6.45, 7) is 0.188. The fourth-order valence-electron chi connectivity index (χ4n) is 4.04. The number of nitrogens with two attached hydrogens (primary N) is 1. The maximum atomic E-state index is 13.9. The first-order valence-electron chi connectivity index (χ1n) is 10.9. The molecule has 2 aromatic carbocycles. The highest BCUT2D eigenvalue weighted by molar-refractivity contribution is 7.89. The van der Waals surface area contributed by atoms with Gasteiger partial charge in [-0.15, -0.1) is 0 Å². The molecule has 0 radical (unpaired) electrons. The highest BCUT2D eigenvalue weighted by Gasteiger charge is 2.38. The molecular weight excluding hydrogens is 520 g/mol. The van der Waals surface area contributed by atoms with Crippen molar-refractivity contribution in [3.05, 3.63) is 60.2 Å². The van der Waals surface area contributed by atoms with Gasteiger partial charge in [-0.3, -0.25) is 0 Å². The number of carboxylic acid groups (broad SMARTS) is 1.